The van der Waals surface area contributed by atoms with Gasteiger partial charge in [-0.25, -0.2) is 9.97 Å². The molecule has 106 valence electrons. The fourth-order valence-corrected chi connectivity index (χ4v) is 2.75. The highest BCUT2D eigenvalue weighted by molar-refractivity contribution is 6.04. The predicted molar refractivity (Wildman–Crippen MR) is 76.6 cm³/mol. The van der Waals surface area contributed by atoms with Crippen LogP contribution in [-0.2, 0) is 0 Å². The van der Waals surface area contributed by atoms with E-state index in [9.17, 15) is 4.79 Å². The Hall–Kier alpha value is -1.95. The van der Waals surface area contributed by atoms with Gasteiger partial charge in [-0.05, 0) is 32.9 Å². The smallest absolute Gasteiger partial charge is 0.256 e. The lowest BCUT2D eigenvalue weighted by atomic mass is 10.0. The molecule has 0 atom stereocenters. The SMILES string of the molecule is CNC1CCN(C(=O)c2ccnc3nc(C)[nH]c23)CC1. The number of nitrogens with one attached hydrogen (secondary N) is 2. The summed E-state index contributed by atoms with van der Waals surface area (Å²) in [7, 11) is 1.97. The van der Waals surface area contributed by atoms with E-state index in [-0.39, 0.29) is 5.91 Å². The molecule has 0 aliphatic carbocycles. The molecule has 0 radical (unpaired) electrons. The van der Waals surface area contributed by atoms with Gasteiger partial charge in [0.05, 0.1) is 11.1 Å². The van der Waals surface area contributed by atoms with Gasteiger partial charge in [0.15, 0.2) is 5.65 Å². The first kappa shape index (κ1) is 13.1. The number of likely N-dealkylation sites (tertiary alicyclic amines) is 1. The Morgan fingerprint density at radius 2 is 2.20 bits per heavy atom. The van der Waals surface area contributed by atoms with Gasteiger partial charge in [-0.1, -0.05) is 0 Å². The van der Waals surface area contributed by atoms with E-state index in [1.165, 1.54) is 0 Å². The van der Waals surface area contributed by atoms with Gasteiger partial charge in [0, 0.05) is 25.3 Å². The van der Waals surface area contributed by atoms with Crippen LogP contribution in [0.5, 0.6) is 0 Å². The zero-order valence-electron chi connectivity index (χ0n) is 11.8. The van der Waals surface area contributed by atoms with Crippen LogP contribution in [-0.4, -0.2) is 51.9 Å². The van der Waals surface area contributed by atoms with Crippen LogP contribution in [0.15, 0.2) is 12.3 Å². The molecule has 20 heavy (non-hydrogen) atoms. The van der Waals surface area contributed by atoms with E-state index < -0.39 is 0 Å². The first-order valence-electron chi connectivity index (χ1n) is 6.97. The van der Waals surface area contributed by atoms with Gasteiger partial charge in [-0.3, -0.25) is 4.79 Å². The standard InChI is InChI=1S/C14H19N5O/c1-9-17-12-11(3-6-16-13(12)18-9)14(20)19-7-4-10(15-2)5-8-19/h3,6,10,15H,4-5,7-8H2,1-2H3,(H,16,17,18). The largest absolute Gasteiger partial charge is 0.340 e. The number of rotatable bonds is 2. The minimum absolute atomic E-state index is 0.0654. The molecular weight excluding hydrogens is 254 g/mol. The number of hydrogen-bond donors (Lipinski definition) is 2. The van der Waals surface area contributed by atoms with Crippen molar-refractivity contribution in [3.8, 4) is 0 Å². The number of carbonyl (C=O) groups excluding carboxylic acids is 1. The minimum Gasteiger partial charge on any atom is -0.340 e. The van der Waals surface area contributed by atoms with Gasteiger partial charge in [0.2, 0.25) is 0 Å². The zero-order valence-corrected chi connectivity index (χ0v) is 11.8. The van der Waals surface area contributed by atoms with Crippen LogP contribution >= 0.6 is 0 Å². The van der Waals surface area contributed by atoms with E-state index >= 15 is 0 Å². The summed E-state index contributed by atoms with van der Waals surface area (Å²) < 4.78 is 0. The fraction of sp³-hybridized carbons (Fsp3) is 0.500. The Balaban J connectivity index is 1.86. The molecule has 0 saturated carbocycles. The average Bonchev–Trinajstić information content (AvgIpc) is 2.86. The van der Waals surface area contributed by atoms with E-state index in [2.05, 4.69) is 20.3 Å². The van der Waals surface area contributed by atoms with Gasteiger partial charge >= 0.3 is 0 Å². The highest BCUT2D eigenvalue weighted by Gasteiger charge is 2.24. The molecule has 2 aromatic heterocycles. The van der Waals surface area contributed by atoms with E-state index in [0.29, 0.717) is 17.3 Å². The topological polar surface area (TPSA) is 73.9 Å². The monoisotopic (exact) mass is 273 g/mol. The van der Waals surface area contributed by atoms with Crippen molar-refractivity contribution in [3.05, 3.63) is 23.7 Å². The molecule has 6 heteroatoms. The molecule has 1 saturated heterocycles. The van der Waals surface area contributed by atoms with Crippen LogP contribution in [0, 0.1) is 6.92 Å². The Morgan fingerprint density at radius 3 is 2.90 bits per heavy atom. The molecule has 3 heterocycles. The van der Waals surface area contributed by atoms with E-state index in [1.807, 2.05) is 18.9 Å². The number of pyridine rings is 1. The summed E-state index contributed by atoms with van der Waals surface area (Å²) in [5, 5.41) is 3.27. The van der Waals surface area contributed by atoms with E-state index in [4.69, 9.17) is 0 Å². The molecular formula is C14H19N5O. The number of nitrogens with zero attached hydrogens (tertiary/aromatic N) is 3. The molecule has 6 nitrogen and oxygen atoms in total. The second-order valence-electron chi connectivity index (χ2n) is 5.23. The number of amides is 1. The summed E-state index contributed by atoms with van der Waals surface area (Å²) >= 11 is 0. The fourth-order valence-electron chi connectivity index (χ4n) is 2.75. The number of aryl methyl sites for hydroxylation is 1. The van der Waals surface area contributed by atoms with Crippen molar-refractivity contribution in [1.82, 2.24) is 25.2 Å². The van der Waals surface area contributed by atoms with Crippen molar-refractivity contribution in [1.29, 1.82) is 0 Å². The summed E-state index contributed by atoms with van der Waals surface area (Å²) in [6.07, 6.45) is 3.65. The average molecular weight is 273 g/mol. The number of hydrogen-bond acceptors (Lipinski definition) is 4. The highest BCUT2D eigenvalue weighted by Crippen LogP contribution is 2.19. The van der Waals surface area contributed by atoms with Crippen LogP contribution in [0.4, 0.5) is 0 Å². The lowest BCUT2D eigenvalue weighted by Crippen LogP contribution is -2.44. The van der Waals surface area contributed by atoms with E-state index in [0.717, 1.165) is 37.3 Å². The van der Waals surface area contributed by atoms with Gasteiger partial charge in [-0.15, -0.1) is 0 Å². The lowest BCUT2D eigenvalue weighted by Gasteiger charge is -2.31. The molecule has 3 rings (SSSR count). The number of fused-ring (bicyclic) bond motifs is 1. The molecule has 1 amide bonds. The minimum atomic E-state index is 0.0654. The second-order valence-corrected chi connectivity index (χ2v) is 5.23. The first-order chi connectivity index (χ1) is 9.69. The molecule has 2 aromatic rings. The quantitative estimate of drug-likeness (QED) is 0.859. The lowest BCUT2D eigenvalue weighted by molar-refractivity contribution is 0.0709. The number of aromatic nitrogens is 3. The molecule has 1 aliphatic rings. The Bertz CT molecular complexity index is 628. The third-order valence-electron chi connectivity index (χ3n) is 3.93. The Morgan fingerprint density at radius 1 is 1.45 bits per heavy atom. The second kappa shape index (κ2) is 5.20. The first-order valence-corrected chi connectivity index (χ1v) is 6.97. The summed E-state index contributed by atoms with van der Waals surface area (Å²) in [5.41, 5.74) is 2.02. The van der Waals surface area contributed by atoms with Gasteiger partial charge in [0.1, 0.15) is 5.82 Å². The van der Waals surface area contributed by atoms with Crippen molar-refractivity contribution < 1.29 is 4.79 Å². The molecule has 0 aromatic carbocycles. The van der Waals surface area contributed by atoms with Crippen molar-refractivity contribution >= 4 is 17.1 Å². The number of aromatic amines is 1. The maximum absolute atomic E-state index is 12.6. The number of imidazole rings is 1. The normalized spacial score (nSPS) is 16.8. The molecule has 1 fully saturated rings. The predicted octanol–water partition coefficient (Wildman–Crippen LogP) is 1.09. The van der Waals surface area contributed by atoms with Crippen LogP contribution in [0.3, 0.4) is 0 Å². The van der Waals surface area contributed by atoms with Crippen LogP contribution in [0.25, 0.3) is 11.2 Å². The van der Waals surface area contributed by atoms with Crippen molar-refractivity contribution in [2.45, 2.75) is 25.8 Å². The number of H-pyrrole nitrogens is 1. The van der Waals surface area contributed by atoms with Gasteiger partial charge in [0.25, 0.3) is 5.91 Å². The van der Waals surface area contributed by atoms with E-state index in [1.54, 1.807) is 12.3 Å². The Kier molecular flexibility index (Phi) is 3.40. The van der Waals surface area contributed by atoms with Crippen molar-refractivity contribution in [3.63, 3.8) is 0 Å². The van der Waals surface area contributed by atoms with Crippen LogP contribution in [0.1, 0.15) is 29.0 Å². The summed E-state index contributed by atoms with van der Waals surface area (Å²) in [5.74, 6) is 0.845. The molecule has 0 unspecified atom stereocenters. The maximum Gasteiger partial charge on any atom is 0.256 e. The Labute approximate surface area is 117 Å². The molecule has 0 spiro atoms. The van der Waals surface area contributed by atoms with Crippen LogP contribution < -0.4 is 5.32 Å². The maximum atomic E-state index is 12.6. The highest BCUT2D eigenvalue weighted by atomic mass is 16.2. The number of carbonyl (C=O) groups is 1. The van der Waals surface area contributed by atoms with Gasteiger partial charge in [-0.2, -0.15) is 0 Å². The molecule has 2 N–H and O–H groups in total. The summed E-state index contributed by atoms with van der Waals surface area (Å²) in [6.45, 7) is 3.46. The summed E-state index contributed by atoms with van der Waals surface area (Å²) in [4.78, 5) is 26.2. The third-order valence-corrected chi connectivity index (χ3v) is 3.93. The zero-order chi connectivity index (χ0) is 14.1. The molecule has 0 bridgehead atoms. The molecule has 1 aliphatic heterocycles. The number of piperidine rings is 1. The third kappa shape index (κ3) is 2.27. The van der Waals surface area contributed by atoms with Gasteiger partial charge < -0.3 is 15.2 Å². The van der Waals surface area contributed by atoms with Crippen molar-refractivity contribution in [2.75, 3.05) is 20.1 Å². The van der Waals surface area contributed by atoms with Crippen molar-refractivity contribution in [2.24, 2.45) is 0 Å². The summed E-state index contributed by atoms with van der Waals surface area (Å²) in [6, 6.07) is 2.29. The van der Waals surface area contributed by atoms with Crippen LogP contribution in [0.2, 0.25) is 0 Å².